The van der Waals surface area contributed by atoms with Crippen molar-refractivity contribution >= 4 is 29.9 Å². The Bertz CT molecular complexity index is 820. The quantitative estimate of drug-likeness (QED) is 0.288. The number of hydrogen-bond acceptors (Lipinski definition) is 4. The van der Waals surface area contributed by atoms with E-state index >= 15 is 0 Å². The van der Waals surface area contributed by atoms with Crippen molar-refractivity contribution in [3.8, 4) is 0 Å². The van der Waals surface area contributed by atoms with E-state index in [0.717, 1.165) is 43.2 Å². The molecule has 7 heteroatoms. The Morgan fingerprint density at radius 2 is 1.97 bits per heavy atom. The zero-order valence-electron chi connectivity index (χ0n) is 18.3. The van der Waals surface area contributed by atoms with Gasteiger partial charge in [-0.2, -0.15) is 0 Å². The highest BCUT2D eigenvalue weighted by Gasteiger charge is 2.30. The minimum absolute atomic E-state index is 0. The summed E-state index contributed by atoms with van der Waals surface area (Å²) in [7, 11) is 0. The van der Waals surface area contributed by atoms with Gasteiger partial charge in [0.2, 0.25) is 0 Å². The minimum Gasteiger partial charge on any atom is -0.466 e. The number of nitrogens with zero attached hydrogens (tertiary/aromatic N) is 1. The summed E-state index contributed by atoms with van der Waals surface area (Å²) >= 11 is 0. The molecule has 0 aliphatic carbocycles. The summed E-state index contributed by atoms with van der Waals surface area (Å²) < 4.78 is 11.6. The Morgan fingerprint density at radius 3 is 2.60 bits per heavy atom. The molecule has 166 valence electrons. The maximum Gasteiger partial charge on any atom is 0.191 e. The first-order valence-electron chi connectivity index (χ1n) is 10.4. The van der Waals surface area contributed by atoms with Gasteiger partial charge >= 0.3 is 0 Å². The summed E-state index contributed by atoms with van der Waals surface area (Å²) in [6, 6.07) is 12.2. The van der Waals surface area contributed by atoms with Crippen molar-refractivity contribution in [1.29, 1.82) is 0 Å². The molecule has 6 nitrogen and oxygen atoms in total. The number of halogens is 1. The first kappa shape index (κ1) is 24.7. The van der Waals surface area contributed by atoms with E-state index in [1.54, 1.807) is 6.92 Å². The fourth-order valence-corrected chi connectivity index (χ4v) is 3.91. The summed E-state index contributed by atoms with van der Waals surface area (Å²) in [5.41, 5.74) is 0.906. The SMILES string of the molecule is CCNC(=NCC(C)(O)c1cc(C)oc1C)NCC1CCOC1c1ccccc1.I. The van der Waals surface area contributed by atoms with E-state index in [4.69, 9.17) is 9.15 Å². The van der Waals surface area contributed by atoms with Gasteiger partial charge in [-0.15, -0.1) is 24.0 Å². The Kier molecular flexibility index (Phi) is 9.18. The summed E-state index contributed by atoms with van der Waals surface area (Å²) in [4.78, 5) is 4.63. The number of ether oxygens (including phenoxy) is 1. The molecule has 3 N–H and O–H groups in total. The van der Waals surface area contributed by atoms with Gasteiger partial charge in [-0.25, -0.2) is 4.99 Å². The molecule has 1 saturated heterocycles. The van der Waals surface area contributed by atoms with E-state index in [1.807, 2.05) is 32.9 Å². The van der Waals surface area contributed by atoms with E-state index < -0.39 is 5.60 Å². The number of benzene rings is 1. The molecule has 3 unspecified atom stereocenters. The molecule has 1 aromatic heterocycles. The van der Waals surface area contributed by atoms with Crippen molar-refractivity contribution in [3.05, 3.63) is 59.0 Å². The first-order valence-corrected chi connectivity index (χ1v) is 10.4. The van der Waals surface area contributed by atoms with E-state index in [0.29, 0.717) is 11.9 Å². The molecule has 2 aromatic rings. The van der Waals surface area contributed by atoms with E-state index in [2.05, 4.69) is 39.9 Å². The lowest BCUT2D eigenvalue weighted by molar-refractivity contribution is 0.0656. The molecule has 2 heterocycles. The number of rotatable bonds is 7. The molecule has 1 aromatic carbocycles. The lowest BCUT2D eigenvalue weighted by atomic mass is 9.95. The van der Waals surface area contributed by atoms with Gasteiger partial charge in [0.15, 0.2) is 5.96 Å². The second-order valence-corrected chi connectivity index (χ2v) is 7.93. The molecule has 1 aliphatic rings. The van der Waals surface area contributed by atoms with Crippen LogP contribution in [0.4, 0.5) is 0 Å². The normalized spacial score (nSPS) is 21.0. The highest BCUT2D eigenvalue weighted by Crippen LogP contribution is 2.34. The molecule has 0 amide bonds. The van der Waals surface area contributed by atoms with Crippen LogP contribution >= 0.6 is 24.0 Å². The van der Waals surface area contributed by atoms with Crippen LogP contribution in [0.25, 0.3) is 0 Å². The van der Waals surface area contributed by atoms with Crippen LogP contribution in [0.3, 0.4) is 0 Å². The molecule has 1 aliphatic heterocycles. The smallest absolute Gasteiger partial charge is 0.191 e. The molecule has 0 radical (unpaired) electrons. The predicted octanol–water partition coefficient (Wildman–Crippen LogP) is 4.05. The summed E-state index contributed by atoms with van der Waals surface area (Å²) in [6.45, 7) is 10.1. The van der Waals surface area contributed by atoms with Gasteiger partial charge in [-0.05, 0) is 45.7 Å². The number of aliphatic hydroxyl groups is 1. The monoisotopic (exact) mass is 527 g/mol. The maximum absolute atomic E-state index is 10.9. The fraction of sp³-hybridized carbons (Fsp3) is 0.522. The second kappa shape index (κ2) is 11.2. The third-order valence-electron chi connectivity index (χ3n) is 5.38. The van der Waals surface area contributed by atoms with Crippen LogP contribution in [0, 0.1) is 19.8 Å². The van der Waals surface area contributed by atoms with Crippen LogP contribution in [0.15, 0.2) is 45.8 Å². The molecule has 3 rings (SSSR count). The van der Waals surface area contributed by atoms with Crippen LogP contribution in [-0.4, -0.2) is 37.3 Å². The van der Waals surface area contributed by atoms with Crippen LogP contribution in [0.2, 0.25) is 0 Å². The number of hydrogen-bond donors (Lipinski definition) is 3. The van der Waals surface area contributed by atoms with Gasteiger partial charge in [0.25, 0.3) is 0 Å². The number of guanidine groups is 1. The highest BCUT2D eigenvalue weighted by molar-refractivity contribution is 14.0. The van der Waals surface area contributed by atoms with Gasteiger partial charge in [-0.1, -0.05) is 30.3 Å². The lowest BCUT2D eigenvalue weighted by Gasteiger charge is -2.23. The van der Waals surface area contributed by atoms with Crippen molar-refractivity contribution in [2.24, 2.45) is 10.9 Å². The van der Waals surface area contributed by atoms with E-state index in [1.165, 1.54) is 5.56 Å². The van der Waals surface area contributed by atoms with Gasteiger partial charge in [0, 0.05) is 31.2 Å². The molecular formula is C23H34IN3O3. The fourth-order valence-electron chi connectivity index (χ4n) is 3.91. The van der Waals surface area contributed by atoms with Gasteiger partial charge in [0.05, 0.1) is 12.6 Å². The molecule has 0 spiro atoms. The van der Waals surface area contributed by atoms with Gasteiger partial charge in [0.1, 0.15) is 17.1 Å². The zero-order valence-corrected chi connectivity index (χ0v) is 20.6. The predicted molar refractivity (Wildman–Crippen MR) is 130 cm³/mol. The zero-order chi connectivity index (χ0) is 20.9. The summed E-state index contributed by atoms with van der Waals surface area (Å²) in [6.07, 6.45) is 1.11. The third-order valence-corrected chi connectivity index (χ3v) is 5.38. The molecule has 0 saturated carbocycles. The van der Waals surface area contributed by atoms with Gasteiger partial charge in [-0.3, -0.25) is 0 Å². The van der Waals surface area contributed by atoms with Crippen LogP contribution in [0.5, 0.6) is 0 Å². The average Bonchev–Trinajstić information content (AvgIpc) is 3.31. The largest absolute Gasteiger partial charge is 0.466 e. The Balaban J connectivity index is 0.00000320. The standard InChI is InChI=1S/C23H33N3O3.HI/c1-5-24-22(26-15-23(4,27)20-13-16(2)29-17(20)3)25-14-19-11-12-28-21(19)18-9-7-6-8-10-18;/h6-10,13,19,21,27H,5,11-12,14-15H2,1-4H3,(H2,24,25,26);1H. The van der Waals surface area contributed by atoms with Gasteiger partial charge < -0.3 is 24.9 Å². The summed E-state index contributed by atoms with van der Waals surface area (Å²) in [5, 5.41) is 17.6. The van der Waals surface area contributed by atoms with Crippen molar-refractivity contribution < 1.29 is 14.3 Å². The first-order chi connectivity index (χ1) is 13.9. The molecule has 3 atom stereocenters. The van der Waals surface area contributed by atoms with Crippen molar-refractivity contribution in [2.75, 3.05) is 26.2 Å². The minimum atomic E-state index is -1.09. The second-order valence-electron chi connectivity index (χ2n) is 7.93. The van der Waals surface area contributed by atoms with Crippen LogP contribution < -0.4 is 10.6 Å². The van der Waals surface area contributed by atoms with E-state index in [9.17, 15) is 5.11 Å². The average molecular weight is 527 g/mol. The Morgan fingerprint density at radius 1 is 1.23 bits per heavy atom. The Labute approximate surface area is 196 Å². The van der Waals surface area contributed by atoms with Crippen LogP contribution in [-0.2, 0) is 10.3 Å². The maximum atomic E-state index is 10.9. The lowest BCUT2D eigenvalue weighted by Crippen LogP contribution is -2.41. The summed E-state index contributed by atoms with van der Waals surface area (Å²) in [5.74, 6) is 2.60. The topological polar surface area (TPSA) is 79.0 Å². The number of nitrogens with one attached hydrogen (secondary N) is 2. The molecular weight excluding hydrogens is 493 g/mol. The van der Waals surface area contributed by atoms with Crippen molar-refractivity contribution in [3.63, 3.8) is 0 Å². The molecule has 1 fully saturated rings. The molecule has 0 bridgehead atoms. The van der Waals surface area contributed by atoms with Crippen LogP contribution in [0.1, 0.15) is 49.0 Å². The number of aliphatic imine (C=N–C) groups is 1. The van der Waals surface area contributed by atoms with Crippen molar-refractivity contribution in [2.45, 2.75) is 45.8 Å². The van der Waals surface area contributed by atoms with Crippen molar-refractivity contribution in [1.82, 2.24) is 10.6 Å². The Hall–Kier alpha value is -1.58. The molecule has 30 heavy (non-hydrogen) atoms. The number of aryl methyl sites for hydroxylation is 2. The highest BCUT2D eigenvalue weighted by atomic mass is 127. The van der Waals surface area contributed by atoms with E-state index in [-0.39, 0.29) is 36.6 Å². The number of furan rings is 1. The third kappa shape index (κ3) is 6.21.